The number of halogens is 1. The Morgan fingerprint density at radius 3 is 2.65 bits per heavy atom. The molecule has 1 aliphatic rings. The van der Waals surface area contributed by atoms with Crippen molar-refractivity contribution >= 4 is 15.9 Å². The maximum atomic E-state index is 6.07. The topological polar surface area (TPSA) is 43.8 Å². The van der Waals surface area contributed by atoms with Crippen LogP contribution in [0.4, 0.5) is 0 Å². The Labute approximate surface area is 128 Å². The molecule has 106 valence electrons. The predicted molar refractivity (Wildman–Crippen MR) is 85.9 cm³/mol. The Morgan fingerprint density at radius 1 is 1.20 bits per heavy atom. The molecule has 3 nitrogen and oxygen atoms in total. The van der Waals surface area contributed by atoms with Gasteiger partial charge in [-0.1, -0.05) is 6.07 Å². The highest BCUT2D eigenvalue weighted by Gasteiger charge is 2.24. The molecule has 2 N–H and O–H groups in total. The van der Waals surface area contributed by atoms with Crippen LogP contribution in [0.1, 0.15) is 28.8 Å². The summed E-state index contributed by atoms with van der Waals surface area (Å²) in [6, 6.07) is 4.75. The highest BCUT2D eigenvalue weighted by molar-refractivity contribution is 9.10. The van der Waals surface area contributed by atoms with Crippen LogP contribution in [-0.2, 0) is 13.0 Å². The molecule has 20 heavy (non-hydrogen) atoms. The van der Waals surface area contributed by atoms with Crippen molar-refractivity contribution in [2.24, 2.45) is 5.73 Å². The molecule has 4 heteroatoms. The van der Waals surface area contributed by atoms with Gasteiger partial charge in [-0.15, -0.1) is 0 Å². The van der Waals surface area contributed by atoms with Gasteiger partial charge in [0.05, 0.1) is 5.69 Å². The lowest BCUT2D eigenvalue weighted by Crippen LogP contribution is -2.31. The number of nitrogens with zero attached hydrogens (tertiary/aromatic N) is 2. The van der Waals surface area contributed by atoms with Crippen molar-refractivity contribution in [1.29, 1.82) is 0 Å². The van der Waals surface area contributed by atoms with Crippen molar-refractivity contribution < 1.29 is 0 Å². The molecule has 0 fully saturated rings. The number of aryl methyl sites for hydroxylation is 3. The van der Waals surface area contributed by atoms with E-state index in [9.17, 15) is 0 Å². The summed E-state index contributed by atoms with van der Waals surface area (Å²) in [5.41, 5.74) is 13.7. The molecule has 1 aliphatic heterocycles. The summed E-state index contributed by atoms with van der Waals surface area (Å²) in [7, 11) is 0. The second-order valence-electron chi connectivity index (χ2n) is 5.84. The Hall–Kier alpha value is -1.13. The van der Waals surface area contributed by atoms with Crippen molar-refractivity contribution in [3.8, 4) is 11.3 Å². The van der Waals surface area contributed by atoms with Crippen LogP contribution in [0.5, 0.6) is 0 Å². The van der Waals surface area contributed by atoms with Crippen molar-refractivity contribution in [3.63, 3.8) is 0 Å². The van der Waals surface area contributed by atoms with E-state index in [2.05, 4.69) is 53.4 Å². The lowest BCUT2D eigenvalue weighted by atomic mass is 9.95. The van der Waals surface area contributed by atoms with Crippen molar-refractivity contribution in [3.05, 3.63) is 39.3 Å². The number of rotatable bonds is 1. The highest BCUT2D eigenvalue weighted by Crippen LogP contribution is 2.33. The standard InChI is InChI=1S/C16H20BrN3/c1-9-6-11(3)13(7-10(9)2)15-14-5-4-12(18)8-20(14)16(17)19-15/h6-7,12H,4-5,8,18H2,1-3H3. The third-order valence-electron chi connectivity index (χ3n) is 4.29. The van der Waals surface area contributed by atoms with Crippen molar-refractivity contribution in [2.75, 3.05) is 0 Å². The molecule has 2 heterocycles. The van der Waals surface area contributed by atoms with E-state index in [1.54, 1.807) is 0 Å². The van der Waals surface area contributed by atoms with Gasteiger partial charge in [-0.2, -0.15) is 0 Å². The summed E-state index contributed by atoms with van der Waals surface area (Å²) in [6.07, 6.45) is 2.04. The number of fused-ring (bicyclic) bond motifs is 1. The van der Waals surface area contributed by atoms with Crippen LogP contribution >= 0.6 is 15.9 Å². The van der Waals surface area contributed by atoms with Gasteiger partial charge in [-0.3, -0.25) is 0 Å². The predicted octanol–water partition coefficient (Wildman–Crippen LogP) is 3.51. The van der Waals surface area contributed by atoms with E-state index in [0.29, 0.717) is 0 Å². The summed E-state index contributed by atoms with van der Waals surface area (Å²) in [4.78, 5) is 4.75. The summed E-state index contributed by atoms with van der Waals surface area (Å²) >= 11 is 3.58. The van der Waals surface area contributed by atoms with Gasteiger partial charge in [0.2, 0.25) is 0 Å². The fourth-order valence-electron chi connectivity index (χ4n) is 2.97. The van der Waals surface area contributed by atoms with E-state index in [1.807, 2.05) is 0 Å². The van der Waals surface area contributed by atoms with E-state index in [1.165, 1.54) is 27.9 Å². The molecule has 1 atom stereocenters. The van der Waals surface area contributed by atoms with Gasteiger partial charge in [0.25, 0.3) is 0 Å². The molecule has 0 spiro atoms. The third kappa shape index (κ3) is 2.21. The SMILES string of the molecule is Cc1cc(C)c(-c2nc(Br)n3c2CCC(N)C3)cc1C. The van der Waals surface area contributed by atoms with Gasteiger partial charge in [-0.25, -0.2) is 4.98 Å². The van der Waals surface area contributed by atoms with Crippen LogP contribution in [0, 0.1) is 20.8 Å². The molecule has 0 aliphatic carbocycles. The molecule has 0 saturated carbocycles. The van der Waals surface area contributed by atoms with Crippen molar-refractivity contribution in [1.82, 2.24) is 9.55 Å². The largest absolute Gasteiger partial charge is 0.326 e. The normalized spacial score (nSPS) is 18.1. The first-order valence-corrected chi connectivity index (χ1v) is 7.85. The molecular weight excluding hydrogens is 314 g/mol. The number of hydrogen-bond donors (Lipinski definition) is 1. The Kier molecular flexibility index (Phi) is 3.46. The highest BCUT2D eigenvalue weighted by atomic mass is 79.9. The van der Waals surface area contributed by atoms with Crippen LogP contribution in [0.25, 0.3) is 11.3 Å². The first-order valence-electron chi connectivity index (χ1n) is 7.06. The molecule has 0 saturated heterocycles. The van der Waals surface area contributed by atoms with Crippen molar-refractivity contribution in [2.45, 2.75) is 46.2 Å². The van der Waals surface area contributed by atoms with E-state index in [-0.39, 0.29) is 6.04 Å². The van der Waals surface area contributed by atoms with Gasteiger partial charge in [0.15, 0.2) is 4.73 Å². The van der Waals surface area contributed by atoms with Gasteiger partial charge in [0.1, 0.15) is 0 Å². The first-order chi connectivity index (χ1) is 9.47. The molecule has 0 amide bonds. The van der Waals surface area contributed by atoms with Crippen LogP contribution in [0.3, 0.4) is 0 Å². The molecule has 1 unspecified atom stereocenters. The first kappa shape index (κ1) is 13.8. The average Bonchev–Trinajstić information content (AvgIpc) is 2.71. The minimum Gasteiger partial charge on any atom is -0.326 e. The Bertz CT molecular complexity index is 673. The minimum atomic E-state index is 0.238. The molecule has 0 bridgehead atoms. The van der Waals surface area contributed by atoms with Gasteiger partial charge in [-0.05, 0) is 72.3 Å². The fraction of sp³-hybridized carbons (Fsp3) is 0.438. The minimum absolute atomic E-state index is 0.238. The maximum absolute atomic E-state index is 6.07. The lowest BCUT2D eigenvalue weighted by Gasteiger charge is -2.22. The molecular formula is C16H20BrN3. The number of nitrogens with two attached hydrogens (primary N) is 1. The zero-order valence-electron chi connectivity index (χ0n) is 12.2. The number of hydrogen-bond acceptors (Lipinski definition) is 2. The number of aromatic nitrogens is 2. The average molecular weight is 334 g/mol. The molecule has 1 aromatic carbocycles. The monoisotopic (exact) mass is 333 g/mol. The second kappa shape index (κ2) is 5.01. The van der Waals surface area contributed by atoms with Gasteiger partial charge < -0.3 is 10.3 Å². The lowest BCUT2D eigenvalue weighted by molar-refractivity contribution is 0.455. The molecule has 1 aromatic heterocycles. The second-order valence-corrected chi connectivity index (χ2v) is 6.55. The van der Waals surface area contributed by atoms with Crippen LogP contribution in [-0.4, -0.2) is 15.6 Å². The smallest absolute Gasteiger partial charge is 0.177 e. The molecule has 2 aromatic rings. The summed E-state index contributed by atoms with van der Waals surface area (Å²) in [5, 5.41) is 0. The third-order valence-corrected chi connectivity index (χ3v) is 4.90. The van der Waals surface area contributed by atoms with E-state index >= 15 is 0 Å². The zero-order chi connectivity index (χ0) is 14.4. The quantitative estimate of drug-likeness (QED) is 0.867. The fourth-order valence-corrected chi connectivity index (χ4v) is 3.51. The summed E-state index contributed by atoms with van der Waals surface area (Å²) in [6.45, 7) is 7.33. The van der Waals surface area contributed by atoms with E-state index in [0.717, 1.165) is 29.8 Å². The maximum Gasteiger partial charge on any atom is 0.177 e. The summed E-state index contributed by atoms with van der Waals surface area (Å²) in [5.74, 6) is 0. The zero-order valence-corrected chi connectivity index (χ0v) is 13.8. The molecule has 0 radical (unpaired) electrons. The summed E-state index contributed by atoms with van der Waals surface area (Å²) < 4.78 is 3.12. The van der Waals surface area contributed by atoms with E-state index < -0.39 is 0 Å². The Morgan fingerprint density at radius 2 is 1.90 bits per heavy atom. The molecule has 3 rings (SSSR count). The Balaban J connectivity index is 2.17. The van der Waals surface area contributed by atoms with Crippen LogP contribution in [0.15, 0.2) is 16.9 Å². The number of benzene rings is 1. The number of imidazole rings is 1. The van der Waals surface area contributed by atoms with Gasteiger partial charge in [0, 0.05) is 23.8 Å². The van der Waals surface area contributed by atoms with E-state index in [4.69, 9.17) is 10.7 Å². The van der Waals surface area contributed by atoms with Gasteiger partial charge >= 0.3 is 0 Å². The van der Waals surface area contributed by atoms with Crippen LogP contribution in [0.2, 0.25) is 0 Å². The van der Waals surface area contributed by atoms with Crippen LogP contribution < -0.4 is 5.73 Å².